The monoisotopic (exact) mass is 229 g/mol. The van der Waals surface area contributed by atoms with Crippen molar-refractivity contribution in [3.05, 3.63) is 29.3 Å². The highest BCUT2D eigenvalue weighted by molar-refractivity contribution is 7.89. The first kappa shape index (κ1) is 12.2. The third kappa shape index (κ3) is 3.30. The predicted octanol–water partition coefficient (Wildman–Crippen LogP) is 0.566. The lowest BCUT2D eigenvalue weighted by Crippen LogP contribution is -2.16. The molecule has 0 heterocycles. The van der Waals surface area contributed by atoms with Crippen LogP contribution >= 0.6 is 0 Å². The summed E-state index contributed by atoms with van der Waals surface area (Å²) in [6, 6.07) is 4.89. The highest BCUT2D eigenvalue weighted by Gasteiger charge is 2.14. The van der Waals surface area contributed by atoms with Gasteiger partial charge in [0.1, 0.15) is 0 Å². The van der Waals surface area contributed by atoms with Crippen LogP contribution in [0.25, 0.3) is 0 Å². The Morgan fingerprint density at radius 1 is 1.47 bits per heavy atom. The summed E-state index contributed by atoms with van der Waals surface area (Å²) in [5.41, 5.74) is 1.51. The van der Waals surface area contributed by atoms with Crippen LogP contribution in [0, 0.1) is 6.92 Å². The van der Waals surface area contributed by atoms with E-state index in [-0.39, 0.29) is 11.3 Å². The summed E-state index contributed by atoms with van der Waals surface area (Å²) in [5, 5.41) is 14.3. The Kier molecular flexibility index (Phi) is 3.49. The maximum Gasteiger partial charge on any atom is 0.238 e. The molecule has 0 aliphatic rings. The van der Waals surface area contributed by atoms with Gasteiger partial charge in [-0.1, -0.05) is 17.7 Å². The Morgan fingerprint density at radius 2 is 2.07 bits per heavy atom. The van der Waals surface area contributed by atoms with E-state index in [0.717, 1.165) is 5.56 Å². The SMILES string of the molecule is Cc1ccc(S(N)(=O)=O)c(CC(C)O)c1. The fraction of sp³-hybridized carbons (Fsp3) is 0.400. The average Bonchev–Trinajstić information content (AvgIpc) is 1.99. The molecule has 1 atom stereocenters. The summed E-state index contributed by atoms with van der Waals surface area (Å²) in [5.74, 6) is 0. The lowest BCUT2D eigenvalue weighted by Gasteiger charge is -2.10. The molecule has 15 heavy (non-hydrogen) atoms. The molecule has 0 aliphatic heterocycles. The molecule has 1 aromatic carbocycles. The van der Waals surface area contributed by atoms with Crippen LogP contribution in [0.4, 0.5) is 0 Å². The van der Waals surface area contributed by atoms with Crippen LogP contribution in [0.5, 0.6) is 0 Å². The second kappa shape index (κ2) is 4.30. The van der Waals surface area contributed by atoms with Crippen LogP contribution in [-0.2, 0) is 16.4 Å². The number of rotatable bonds is 3. The van der Waals surface area contributed by atoms with Gasteiger partial charge in [-0.2, -0.15) is 0 Å². The maximum atomic E-state index is 11.2. The van der Waals surface area contributed by atoms with Crippen molar-refractivity contribution >= 4 is 10.0 Å². The van der Waals surface area contributed by atoms with Crippen LogP contribution in [0.1, 0.15) is 18.1 Å². The quantitative estimate of drug-likeness (QED) is 0.795. The van der Waals surface area contributed by atoms with Crippen molar-refractivity contribution < 1.29 is 13.5 Å². The number of aryl methyl sites for hydroxylation is 1. The maximum absolute atomic E-state index is 11.2. The van der Waals surface area contributed by atoms with E-state index in [2.05, 4.69) is 0 Å². The van der Waals surface area contributed by atoms with Crippen LogP contribution in [0.15, 0.2) is 23.1 Å². The third-order valence-electron chi connectivity index (χ3n) is 2.04. The zero-order chi connectivity index (χ0) is 11.6. The topological polar surface area (TPSA) is 80.4 Å². The molecule has 0 aromatic heterocycles. The normalized spacial score (nSPS) is 13.9. The number of hydrogen-bond acceptors (Lipinski definition) is 3. The lowest BCUT2D eigenvalue weighted by molar-refractivity contribution is 0.194. The highest BCUT2D eigenvalue weighted by Crippen LogP contribution is 2.17. The molecule has 1 rings (SSSR count). The fourth-order valence-electron chi connectivity index (χ4n) is 1.46. The van der Waals surface area contributed by atoms with Gasteiger partial charge in [-0.05, 0) is 31.9 Å². The van der Waals surface area contributed by atoms with Crippen molar-refractivity contribution in [1.82, 2.24) is 0 Å². The van der Waals surface area contributed by atoms with Gasteiger partial charge >= 0.3 is 0 Å². The molecule has 1 aromatic rings. The number of sulfonamides is 1. The van der Waals surface area contributed by atoms with Gasteiger partial charge in [-0.3, -0.25) is 0 Å². The van der Waals surface area contributed by atoms with Gasteiger partial charge < -0.3 is 5.11 Å². The number of nitrogens with two attached hydrogens (primary N) is 1. The first-order valence-corrected chi connectivity index (χ1v) is 6.15. The van der Waals surface area contributed by atoms with Crippen molar-refractivity contribution in [3.8, 4) is 0 Å². The minimum Gasteiger partial charge on any atom is -0.393 e. The molecule has 0 fully saturated rings. The second-order valence-electron chi connectivity index (χ2n) is 3.71. The first-order chi connectivity index (χ1) is 6.80. The first-order valence-electron chi connectivity index (χ1n) is 4.61. The Hall–Kier alpha value is -0.910. The molecule has 0 saturated heterocycles. The summed E-state index contributed by atoms with van der Waals surface area (Å²) in [7, 11) is -3.71. The minimum atomic E-state index is -3.71. The summed E-state index contributed by atoms with van der Waals surface area (Å²) in [6.45, 7) is 3.47. The molecule has 0 radical (unpaired) electrons. The minimum absolute atomic E-state index is 0.0917. The number of aliphatic hydroxyl groups excluding tert-OH is 1. The van der Waals surface area contributed by atoms with E-state index in [0.29, 0.717) is 5.56 Å². The van der Waals surface area contributed by atoms with Crippen LogP contribution in [0.3, 0.4) is 0 Å². The van der Waals surface area contributed by atoms with Gasteiger partial charge in [-0.15, -0.1) is 0 Å². The Labute approximate surface area is 89.8 Å². The van der Waals surface area contributed by atoms with Crippen LogP contribution < -0.4 is 5.14 Å². The average molecular weight is 229 g/mol. The number of aliphatic hydroxyl groups is 1. The van der Waals surface area contributed by atoms with Crippen molar-refractivity contribution in [3.63, 3.8) is 0 Å². The molecule has 0 saturated carbocycles. The van der Waals surface area contributed by atoms with E-state index >= 15 is 0 Å². The van der Waals surface area contributed by atoms with Gasteiger partial charge in [0.15, 0.2) is 0 Å². The Balaban J connectivity index is 3.27. The summed E-state index contributed by atoms with van der Waals surface area (Å²) < 4.78 is 22.5. The summed E-state index contributed by atoms with van der Waals surface area (Å²) in [4.78, 5) is 0.0917. The third-order valence-corrected chi connectivity index (χ3v) is 3.05. The molecule has 4 nitrogen and oxygen atoms in total. The van der Waals surface area contributed by atoms with Gasteiger partial charge in [-0.25, -0.2) is 13.6 Å². The van der Waals surface area contributed by atoms with E-state index in [1.54, 1.807) is 19.1 Å². The molecule has 0 bridgehead atoms. The predicted molar refractivity (Wildman–Crippen MR) is 57.9 cm³/mol. The molecular formula is C10H15NO3S. The van der Waals surface area contributed by atoms with Gasteiger partial charge in [0.25, 0.3) is 0 Å². The zero-order valence-electron chi connectivity index (χ0n) is 8.77. The van der Waals surface area contributed by atoms with Crippen molar-refractivity contribution in [1.29, 1.82) is 0 Å². The Morgan fingerprint density at radius 3 is 2.53 bits per heavy atom. The van der Waals surface area contributed by atoms with Gasteiger partial charge in [0.2, 0.25) is 10.0 Å². The van der Waals surface area contributed by atoms with Crippen molar-refractivity contribution in [2.75, 3.05) is 0 Å². The molecule has 0 amide bonds. The van der Waals surface area contributed by atoms with Crippen LogP contribution in [-0.4, -0.2) is 19.6 Å². The summed E-state index contributed by atoms with van der Waals surface area (Å²) in [6.07, 6.45) is -0.305. The molecule has 1 unspecified atom stereocenters. The smallest absolute Gasteiger partial charge is 0.238 e. The number of hydrogen-bond donors (Lipinski definition) is 2. The van der Waals surface area contributed by atoms with E-state index in [4.69, 9.17) is 5.14 Å². The van der Waals surface area contributed by atoms with E-state index in [9.17, 15) is 13.5 Å². The fourth-order valence-corrected chi connectivity index (χ4v) is 2.23. The summed E-state index contributed by atoms with van der Waals surface area (Å²) >= 11 is 0. The lowest BCUT2D eigenvalue weighted by atomic mass is 10.1. The molecular weight excluding hydrogens is 214 g/mol. The molecule has 84 valence electrons. The number of benzene rings is 1. The molecule has 3 N–H and O–H groups in total. The van der Waals surface area contributed by atoms with E-state index < -0.39 is 16.1 Å². The number of primary sulfonamides is 1. The van der Waals surface area contributed by atoms with Gasteiger partial charge in [0.05, 0.1) is 11.0 Å². The van der Waals surface area contributed by atoms with Crippen molar-refractivity contribution in [2.45, 2.75) is 31.3 Å². The standard InChI is InChI=1S/C10H15NO3S/c1-7-3-4-10(15(11,13)14)9(5-7)6-8(2)12/h3-5,8,12H,6H2,1-2H3,(H2,11,13,14). The van der Waals surface area contributed by atoms with Crippen LogP contribution in [0.2, 0.25) is 0 Å². The molecule has 5 heteroatoms. The zero-order valence-corrected chi connectivity index (χ0v) is 9.58. The van der Waals surface area contributed by atoms with E-state index in [1.165, 1.54) is 6.07 Å². The molecule has 0 aliphatic carbocycles. The highest BCUT2D eigenvalue weighted by atomic mass is 32.2. The second-order valence-corrected chi connectivity index (χ2v) is 5.24. The Bertz CT molecular complexity index is 452. The van der Waals surface area contributed by atoms with E-state index in [1.807, 2.05) is 6.92 Å². The largest absolute Gasteiger partial charge is 0.393 e. The molecule has 0 spiro atoms. The van der Waals surface area contributed by atoms with Gasteiger partial charge in [0, 0.05) is 0 Å². The van der Waals surface area contributed by atoms with Crippen molar-refractivity contribution in [2.24, 2.45) is 5.14 Å².